The first-order chi connectivity index (χ1) is 20.2. The normalized spacial score (nSPS) is 11.9. The van der Waals surface area contributed by atoms with Gasteiger partial charge in [-0.3, -0.25) is 4.79 Å². The van der Waals surface area contributed by atoms with Crippen LogP contribution in [-0.2, 0) is 16.1 Å². The number of nitrogens with one attached hydrogen (secondary N) is 2. The van der Waals surface area contributed by atoms with Crippen molar-refractivity contribution in [1.82, 2.24) is 19.8 Å². The zero-order valence-electron chi connectivity index (χ0n) is 23.5. The van der Waals surface area contributed by atoms with E-state index < -0.39 is 23.8 Å². The molecule has 1 unspecified atom stereocenters. The van der Waals surface area contributed by atoms with Crippen LogP contribution < -0.4 is 15.4 Å². The molecular weight excluding hydrogens is 723 g/mol. The predicted octanol–water partition coefficient (Wildman–Crippen LogP) is 7.00. The molecule has 0 saturated carbocycles. The Labute approximate surface area is 266 Å². The average molecular weight is 753 g/mol. The lowest BCUT2D eigenvalue weighted by molar-refractivity contribution is -0.274. The molecule has 0 saturated heterocycles. The third kappa shape index (κ3) is 10.9. The number of halogens is 5. The van der Waals surface area contributed by atoms with Crippen molar-refractivity contribution in [3.63, 3.8) is 0 Å². The molecule has 10 nitrogen and oxygen atoms in total. The number of aromatic nitrogens is 2. The number of carbonyl (C=O) groups excluding carboxylic acids is 2. The number of nitrogens with zero attached hydrogens (tertiary/aromatic N) is 4. The van der Waals surface area contributed by atoms with E-state index in [1.807, 2.05) is 4.45 Å². The third-order valence-corrected chi connectivity index (χ3v) is 7.93. The molecule has 0 fully saturated rings. The minimum atomic E-state index is -4.90. The van der Waals surface area contributed by atoms with Crippen molar-refractivity contribution in [2.75, 3.05) is 25.0 Å². The standard InChI is InChI=1S/C27H30ClF3IN6O4P/c1-26(2,3)42-25(40)37(16-17-5-6-23(20(28)11-17)41-27(29,30)31)10-7-24(39)35-9-4-8-34-21-12-18(14-33)13-22-19(21)15-36-38(22)43-32/h5-6,11-13,15,34,43H,4,7-10,16H2,1-3H3,(H,35,39). The number of anilines is 1. The number of rotatable bonds is 12. The Morgan fingerprint density at radius 2 is 1.95 bits per heavy atom. The number of ether oxygens (including phenoxy) is 2. The molecule has 3 aromatic rings. The lowest BCUT2D eigenvalue weighted by Gasteiger charge is -2.27. The van der Waals surface area contributed by atoms with E-state index in [1.54, 1.807) is 39.1 Å². The SMILES string of the molecule is CC(C)(C)OC(=O)N(CCC(=O)NCCCNc1cc(C#N)cc2c1cnn2PI)Cc1ccc(OC(F)(F)F)c(Cl)c1. The van der Waals surface area contributed by atoms with Gasteiger partial charge in [-0.1, -0.05) is 17.7 Å². The van der Waals surface area contributed by atoms with Gasteiger partial charge in [0.05, 0.1) is 34.7 Å². The summed E-state index contributed by atoms with van der Waals surface area (Å²) in [4.78, 5) is 26.7. The smallest absolute Gasteiger partial charge is 0.444 e. The second kappa shape index (κ2) is 15.1. The van der Waals surface area contributed by atoms with E-state index in [-0.39, 0.29) is 30.4 Å². The summed E-state index contributed by atoms with van der Waals surface area (Å²) in [6.07, 6.45) is -2.88. The summed E-state index contributed by atoms with van der Waals surface area (Å²) in [5, 5.41) is 20.5. The van der Waals surface area contributed by atoms with Gasteiger partial charge in [-0.15, -0.1) is 13.2 Å². The van der Waals surface area contributed by atoms with Gasteiger partial charge in [-0.05, 0) is 79.1 Å². The molecule has 0 aliphatic carbocycles. The number of nitriles is 1. The Balaban J connectivity index is 1.54. The topological polar surface area (TPSA) is 122 Å². The summed E-state index contributed by atoms with van der Waals surface area (Å²) >= 11 is 8.18. The molecule has 0 aliphatic heterocycles. The van der Waals surface area contributed by atoms with Crippen molar-refractivity contribution < 1.29 is 32.2 Å². The Morgan fingerprint density at radius 1 is 1.21 bits per heavy atom. The summed E-state index contributed by atoms with van der Waals surface area (Å²) < 4.78 is 48.9. The van der Waals surface area contributed by atoms with Crippen LogP contribution in [0.2, 0.25) is 5.02 Å². The first kappa shape index (κ1) is 34.5. The average Bonchev–Trinajstić information content (AvgIpc) is 3.33. The number of hydrogen-bond donors (Lipinski definition) is 2. The van der Waals surface area contributed by atoms with Crippen LogP contribution in [0, 0.1) is 11.3 Å². The second-order valence-corrected chi connectivity index (χ2v) is 12.8. The summed E-state index contributed by atoms with van der Waals surface area (Å²) in [5.74, 6) is -0.854. The van der Waals surface area contributed by atoms with Gasteiger partial charge in [0.25, 0.3) is 0 Å². The monoisotopic (exact) mass is 752 g/mol. The van der Waals surface area contributed by atoms with Crippen molar-refractivity contribution in [3.8, 4) is 11.8 Å². The maximum atomic E-state index is 12.8. The second-order valence-electron chi connectivity index (χ2n) is 10.3. The van der Waals surface area contributed by atoms with E-state index in [9.17, 15) is 28.0 Å². The molecule has 1 atom stereocenters. The fourth-order valence-electron chi connectivity index (χ4n) is 3.90. The highest BCUT2D eigenvalue weighted by molar-refractivity contribution is 14.2. The molecule has 1 aromatic heterocycles. The minimum absolute atomic E-state index is 0.00217. The van der Waals surface area contributed by atoms with Gasteiger partial charge in [0.2, 0.25) is 5.91 Å². The van der Waals surface area contributed by atoms with Crippen molar-refractivity contribution >= 4 is 68.6 Å². The van der Waals surface area contributed by atoms with Crippen LogP contribution in [0.3, 0.4) is 0 Å². The fourth-order valence-corrected chi connectivity index (χ4v) is 5.67. The maximum Gasteiger partial charge on any atom is 0.573 e. The van der Waals surface area contributed by atoms with Gasteiger partial charge in [0.15, 0.2) is 0 Å². The predicted molar refractivity (Wildman–Crippen MR) is 168 cm³/mol. The van der Waals surface area contributed by atoms with Gasteiger partial charge < -0.3 is 25.0 Å². The zero-order chi connectivity index (χ0) is 31.8. The van der Waals surface area contributed by atoms with Crippen LogP contribution in [0.5, 0.6) is 5.75 Å². The third-order valence-electron chi connectivity index (χ3n) is 5.74. The van der Waals surface area contributed by atoms with Crippen LogP contribution in [0.25, 0.3) is 10.9 Å². The van der Waals surface area contributed by atoms with Crippen LogP contribution in [0.15, 0.2) is 36.5 Å². The van der Waals surface area contributed by atoms with E-state index in [0.717, 1.165) is 22.7 Å². The molecule has 0 bridgehead atoms. The number of benzene rings is 2. The lowest BCUT2D eigenvalue weighted by atomic mass is 10.1. The molecule has 0 aliphatic rings. The minimum Gasteiger partial charge on any atom is -0.444 e. The lowest BCUT2D eigenvalue weighted by Crippen LogP contribution is -2.39. The molecule has 1 heterocycles. The zero-order valence-corrected chi connectivity index (χ0v) is 27.4. The highest BCUT2D eigenvalue weighted by Crippen LogP contribution is 2.33. The van der Waals surface area contributed by atoms with Gasteiger partial charge in [0, 0.05) is 43.7 Å². The van der Waals surface area contributed by atoms with Crippen LogP contribution in [-0.4, -0.2) is 58.0 Å². The number of carbonyl (C=O) groups is 2. The Bertz CT molecular complexity index is 1490. The van der Waals surface area contributed by atoms with Gasteiger partial charge >= 0.3 is 12.5 Å². The summed E-state index contributed by atoms with van der Waals surface area (Å²) in [6.45, 7) is 5.93. The maximum absolute atomic E-state index is 12.8. The van der Waals surface area contributed by atoms with E-state index in [1.165, 1.54) is 17.0 Å². The molecule has 232 valence electrons. The van der Waals surface area contributed by atoms with Crippen molar-refractivity contribution in [1.29, 1.82) is 5.26 Å². The number of fused-ring (bicyclic) bond motifs is 1. The quantitative estimate of drug-likeness (QED) is 0.116. The number of hydrogen-bond acceptors (Lipinski definition) is 7. The van der Waals surface area contributed by atoms with Crippen molar-refractivity contribution in [2.45, 2.75) is 52.1 Å². The van der Waals surface area contributed by atoms with E-state index in [0.29, 0.717) is 37.0 Å². The molecule has 43 heavy (non-hydrogen) atoms. The van der Waals surface area contributed by atoms with E-state index >= 15 is 0 Å². The number of amides is 2. The molecule has 2 aromatic carbocycles. The van der Waals surface area contributed by atoms with E-state index in [2.05, 4.69) is 48.6 Å². The molecule has 0 spiro atoms. The van der Waals surface area contributed by atoms with Crippen LogP contribution in [0.4, 0.5) is 23.7 Å². The molecular formula is C27H30ClF3IN6O4P. The van der Waals surface area contributed by atoms with Crippen molar-refractivity contribution in [3.05, 3.63) is 52.7 Å². The largest absolute Gasteiger partial charge is 0.573 e. The number of alkyl halides is 3. The van der Waals surface area contributed by atoms with Gasteiger partial charge in [0.1, 0.15) is 11.4 Å². The highest BCUT2D eigenvalue weighted by atomic mass is 127. The molecule has 2 amide bonds. The highest BCUT2D eigenvalue weighted by Gasteiger charge is 2.32. The fraction of sp³-hybridized carbons (Fsp3) is 0.407. The Morgan fingerprint density at radius 3 is 2.58 bits per heavy atom. The van der Waals surface area contributed by atoms with E-state index in [4.69, 9.17) is 16.3 Å². The molecule has 3 rings (SSSR count). The molecule has 0 radical (unpaired) electrons. The van der Waals surface area contributed by atoms with Crippen molar-refractivity contribution in [2.24, 2.45) is 0 Å². The Kier molecular flexibility index (Phi) is 12.1. The van der Waals surface area contributed by atoms with Gasteiger partial charge in [-0.25, -0.2) is 9.25 Å². The summed E-state index contributed by atoms with van der Waals surface area (Å²) in [7, 11) is 0. The van der Waals surface area contributed by atoms with Crippen LogP contribution in [0.1, 0.15) is 44.7 Å². The first-order valence-electron chi connectivity index (χ1n) is 13.0. The van der Waals surface area contributed by atoms with Gasteiger partial charge in [-0.2, -0.15) is 10.4 Å². The summed E-state index contributed by atoms with van der Waals surface area (Å²) in [5.41, 5.74) is 1.79. The first-order valence-corrected chi connectivity index (χ1v) is 17.4. The van der Waals surface area contributed by atoms with Crippen LogP contribution >= 0.6 is 40.0 Å². The molecule has 2 N–H and O–H groups in total. The molecule has 16 heteroatoms. The summed E-state index contributed by atoms with van der Waals surface area (Å²) in [6, 6.07) is 9.40. The Hall–Kier alpha value is -3.02.